The summed E-state index contributed by atoms with van der Waals surface area (Å²) in [5.41, 5.74) is 3.24. The summed E-state index contributed by atoms with van der Waals surface area (Å²) in [5.74, 6) is 0.953. The van der Waals surface area contributed by atoms with E-state index in [2.05, 4.69) is 10.5 Å². The van der Waals surface area contributed by atoms with E-state index in [4.69, 9.17) is 25.8 Å². The van der Waals surface area contributed by atoms with Gasteiger partial charge in [0.15, 0.2) is 11.5 Å². The van der Waals surface area contributed by atoms with Crippen LogP contribution in [0.4, 0.5) is 5.69 Å². The zero-order valence-corrected chi connectivity index (χ0v) is 21.5. The molecule has 0 aliphatic heterocycles. The molecule has 190 valence electrons. The fraction of sp³-hybridized carbons (Fsp3) is 0.200. The summed E-state index contributed by atoms with van der Waals surface area (Å²) in [5, 5.41) is 4.27. The van der Waals surface area contributed by atoms with Gasteiger partial charge in [0.25, 0.3) is 15.9 Å². The van der Waals surface area contributed by atoms with Gasteiger partial charge in [-0.1, -0.05) is 17.7 Å². The molecule has 1 amide bonds. The molecule has 0 atom stereocenters. The van der Waals surface area contributed by atoms with E-state index in [-0.39, 0.29) is 10.6 Å². The summed E-state index contributed by atoms with van der Waals surface area (Å²) < 4.78 is 43.7. The Morgan fingerprint density at radius 1 is 1.03 bits per heavy atom. The number of nitrogens with zero attached hydrogens (tertiary/aromatic N) is 2. The van der Waals surface area contributed by atoms with E-state index in [0.717, 1.165) is 4.31 Å². The molecule has 0 spiro atoms. The van der Waals surface area contributed by atoms with E-state index in [9.17, 15) is 13.2 Å². The van der Waals surface area contributed by atoms with E-state index in [1.165, 1.54) is 50.8 Å². The third kappa shape index (κ3) is 6.67. The number of carbonyl (C=O) groups is 1. The molecular formula is C25H26ClN3O6S. The van der Waals surface area contributed by atoms with Gasteiger partial charge in [-0.25, -0.2) is 13.8 Å². The third-order valence-corrected chi connectivity index (χ3v) is 6.94. The van der Waals surface area contributed by atoms with Gasteiger partial charge in [0.1, 0.15) is 12.3 Å². The van der Waals surface area contributed by atoms with Crippen molar-refractivity contribution >= 4 is 39.4 Å². The van der Waals surface area contributed by atoms with Crippen LogP contribution in [0.1, 0.15) is 12.5 Å². The van der Waals surface area contributed by atoms with Gasteiger partial charge in [-0.3, -0.25) is 9.10 Å². The summed E-state index contributed by atoms with van der Waals surface area (Å²) in [6.07, 6.45) is 1.41. The van der Waals surface area contributed by atoms with Crippen LogP contribution in [0.5, 0.6) is 17.2 Å². The van der Waals surface area contributed by atoms with E-state index in [1.807, 2.05) is 6.92 Å². The predicted molar refractivity (Wildman–Crippen MR) is 139 cm³/mol. The third-order valence-electron chi connectivity index (χ3n) is 4.92. The number of rotatable bonds is 11. The summed E-state index contributed by atoms with van der Waals surface area (Å²) in [6.45, 7) is 1.83. The second-order valence-corrected chi connectivity index (χ2v) is 9.60. The van der Waals surface area contributed by atoms with Crippen molar-refractivity contribution in [3.8, 4) is 17.2 Å². The molecule has 9 nitrogen and oxygen atoms in total. The first-order valence-corrected chi connectivity index (χ1v) is 12.7. The van der Waals surface area contributed by atoms with E-state index in [0.29, 0.717) is 34.4 Å². The fourth-order valence-corrected chi connectivity index (χ4v) is 4.80. The van der Waals surface area contributed by atoms with Crippen molar-refractivity contribution in [1.29, 1.82) is 0 Å². The lowest BCUT2D eigenvalue weighted by molar-refractivity contribution is -0.119. The fourth-order valence-electron chi connectivity index (χ4n) is 3.21. The second kappa shape index (κ2) is 12.3. The number of hydrogen-bond acceptors (Lipinski definition) is 7. The minimum absolute atomic E-state index is 0.0129. The van der Waals surface area contributed by atoms with Crippen molar-refractivity contribution in [2.24, 2.45) is 5.10 Å². The lowest BCUT2D eigenvalue weighted by Gasteiger charge is -2.24. The Labute approximate surface area is 215 Å². The number of nitrogens with one attached hydrogen (secondary N) is 1. The smallest absolute Gasteiger partial charge is 0.264 e. The first-order chi connectivity index (χ1) is 17.3. The van der Waals surface area contributed by atoms with Gasteiger partial charge in [-0.15, -0.1) is 0 Å². The number of amides is 1. The lowest BCUT2D eigenvalue weighted by atomic mass is 10.2. The van der Waals surface area contributed by atoms with Crippen LogP contribution in [-0.2, 0) is 14.8 Å². The highest BCUT2D eigenvalue weighted by atomic mass is 35.5. The van der Waals surface area contributed by atoms with Crippen molar-refractivity contribution in [2.75, 3.05) is 31.7 Å². The number of anilines is 1. The minimum atomic E-state index is -4.11. The molecule has 0 saturated carbocycles. The highest BCUT2D eigenvalue weighted by Gasteiger charge is 2.27. The van der Waals surface area contributed by atoms with Gasteiger partial charge in [-0.2, -0.15) is 5.10 Å². The van der Waals surface area contributed by atoms with Crippen LogP contribution in [0, 0.1) is 0 Å². The van der Waals surface area contributed by atoms with Gasteiger partial charge in [0.2, 0.25) is 0 Å². The molecule has 0 aliphatic rings. The van der Waals surface area contributed by atoms with E-state index < -0.39 is 22.5 Å². The van der Waals surface area contributed by atoms with Crippen LogP contribution in [0.2, 0.25) is 5.02 Å². The molecule has 0 aromatic heterocycles. The zero-order chi connectivity index (χ0) is 26.1. The van der Waals surface area contributed by atoms with Crippen LogP contribution in [0.3, 0.4) is 0 Å². The largest absolute Gasteiger partial charge is 0.497 e. The molecule has 36 heavy (non-hydrogen) atoms. The van der Waals surface area contributed by atoms with E-state index >= 15 is 0 Å². The molecule has 0 unspecified atom stereocenters. The number of ether oxygens (including phenoxy) is 3. The van der Waals surface area contributed by atoms with Gasteiger partial charge in [-0.05, 0) is 73.2 Å². The van der Waals surface area contributed by atoms with Crippen molar-refractivity contribution in [1.82, 2.24) is 5.43 Å². The highest BCUT2D eigenvalue weighted by Crippen LogP contribution is 2.28. The maximum atomic E-state index is 13.4. The SMILES string of the molecule is CCOc1ccc(/C=N\NC(=O)CN(c2cccc(Cl)c2)S(=O)(=O)c2ccc(OC)cc2)cc1OC. The van der Waals surface area contributed by atoms with Gasteiger partial charge in [0.05, 0.1) is 37.6 Å². The Kier molecular flexibility index (Phi) is 9.15. The number of carbonyl (C=O) groups excluding carboxylic acids is 1. The predicted octanol–water partition coefficient (Wildman–Crippen LogP) is 4.10. The zero-order valence-electron chi connectivity index (χ0n) is 20.0. The van der Waals surface area contributed by atoms with Crippen molar-refractivity contribution < 1.29 is 27.4 Å². The molecule has 3 aromatic rings. The number of benzene rings is 3. The first-order valence-electron chi connectivity index (χ1n) is 10.8. The molecule has 0 saturated heterocycles. The summed E-state index contributed by atoms with van der Waals surface area (Å²) in [6, 6.07) is 17.3. The number of hydrazone groups is 1. The van der Waals surface area contributed by atoms with Gasteiger partial charge < -0.3 is 14.2 Å². The first kappa shape index (κ1) is 26.8. The maximum Gasteiger partial charge on any atom is 0.264 e. The standard InChI is InChI=1S/C25H26ClN3O6S/c1-4-35-23-13-8-18(14-24(23)34-3)16-27-28-25(30)17-29(20-7-5-6-19(26)15-20)36(31,32)22-11-9-21(33-2)10-12-22/h5-16H,4,17H2,1-3H3,(H,28,30)/b27-16-. The van der Waals surface area contributed by atoms with E-state index in [1.54, 1.807) is 36.4 Å². The van der Waals surface area contributed by atoms with Gasteiger partial charge in [0, 0.05) is 5.02 Å². The van der Waals surface area contributed by atoms with Crippen LogP contribution >= 0.6 is 11.6 Å². The number of sulfonamides is 1. The number of methoxy groups -OCH3 is 2. The van der Waals surface area contributed by atoms with Crippen molar-refractivity contribution in [3.63, 3.8) is 0 Å². The molecule has 3 rings (SSSR count). The minimum Gasteiger partial charge on any atom is -0.497 e. The van der Waals surface area contributed by atoms with Crippen LogP contribution in [0.25, 0.3) is 0 Å². The molecule has 11 heteroatoms. The number of hydrogen-bond donors (Lipinski definition) is 1. The molecule has 0 bridgehead atoms. The van der Waals surface area contributed by atoms with Gasteiger partial charge >= 0.3 is 0 Å². The molecule has 1 N–H and O–H groups in total. The Morgan fingerprint density at radius 3 is 2.42 bits per heavy atom. The Morgan fingerprint density at radius 2 is 1.78 bits per heavy atom. The Bertz CT molecular complexity index is 1330. The monoisotopic (exact) mass is 531 g/mol. The average molecular weight is 532 g/mol. The normalized spacial score (nSPS) is 11.2. The Balaban J connectivity index is 1.81. The molecule has 0 radical (unpaired) electrons. The van der Waals surface area contributed by atoms with Crippen molar-refractivity contribution in [3.05, 3.63) is 77.3 Å². The summed E-state index contributed by atoms with van der Waals surface area (Å²) in [7, 11) is -1.11. The topological polar surface area (TPSA) is 107 Å². The molecule has 0 heterocycles. The molecule has 3 aromatic carbocycles. The highest BCUT2D eigenvalue weighted by molar-refractivity contribution is 7.92. The second-order valence-electron chi connectivity index (χ2n) is 7.30. The van der Waals surface area contributed by atoms with Crippen LogP contribution in [-0.4, -0.2) is 47.9 Å². The molecule has 0 fully saturated rings. The number of halogens is 1. The molecule has 0 aliphatic carbocycles. The quantitative estimate of drug-likeness (QED) is 0.295. The maximum absolute atomic E-state index is 13.4. The lowest BCUT2D eigenvalue weighted by Crippen LogP contribution is -2.39. The summed E-state index contributed by atoms with van der Waals surface area (Å²) >= 11 is 6.09. The van der Waals surface area contributed by atoms with Crippen LogP contribution < -0.4 is 23.9 Å². The Hall–Kier alpha value is -3.76. The molecular weight excluding hydrogens is 506 g/mol. The summed E-state index contributed by atoms with van der Waals surface area (Å²) in [4.78, 5) is 12.7. The van der Waals surface area contributed by atoms with Crippen molar-refractivity contribution in [2.45, 2.75) is 11.8 Å². The van der Waals surface area contributed by atoms with Crippen LogP contribution in [0.15, 0.2) is 76.7 Å². The average Bonchev–Trinajstić information content (AvgIpc) is 2.88.